The normalized spacial score (nSPS) is 20.6. The number of hydrogen-bond acceptors (Lipinski definition) is 4. The molecule has 0 aromatic heterocycles. The van der Waals surface area contributed by atoms with Crippen LogP contribution in [0.3, 0.4) is 0 Å². The molecule has 20 heavy (non-hydrogen) atoms. The van der Waals surface area contributed by atoms with Gasteiger partial charge in [-0.25, -0.2) is 4.79 Å². The first-order valence-corrected chi connectivity index (χ1v) is 6.63. The van der Waals surface area contributed by atoms with Gasteiger partial charge in [-0.1, -0.05) is 0 Å². The van der Waals surface area contributed by atoms with Crippen LogP contribution in [0.4, 0.5) is 0 Å². The predicted molar refractivity (Wildman–Crippen MR) is 73.6 cm³/mol. The van der Waals surface area contributed by atoms with Crippen LogP contribution in [0.25, 0.3) is 0 Å². The Hall–Kier alpha value is -1.75. The molecule has 0 amide bonds. The molecule has 0 radical (unpaired) electrons. The fraction of sp³-hybridized carbons (Fsp3) is 0.533. The standard InChI is InChI=1S/C15H20O5/c1-15(2)7-6-11(20-15)9-19-13-8-10(18-3)4-5-12(13)14(16)17/h4-5,8,11H,6-7,9H2,1-3H3,(H,16,17). The Morgan fingerprint density at radius 2 is 2.25 bits per heavy atom. The van der Waals surface area contributed by atoms with Gasteiger partial charge in [-0.05, 0) is 38.8 Å². The highest BCUT2D eigenvalue weighted by molar-refractivity contribution is 5.91. The highest BCUT2D eigenvalue weighted by Gasteiger charge is 2.32. The maximum absolute atomic E-state index is 11.2. The number of benzene rings is 1. The number of ether oxygens (including phenoxy) is 3. The molecular formula is C15H20O5. The number of hydrogen-bond donors (Lipinski definition) is 1. The second-order valence-electron chi connectivity index (χ2n) is 5.52. The fourth-order valence-corrected chi connectivity index (χ4v) is 2.30. The van der Waals surface area contributed by atoms with Crippen molar-refractivity contribution in [3.8, 4) is 11.5 Å². The van der Waals surface area contributed by atoms with E-state index in [1.54, 1.807) is 12.1 Å². The number of carboxylic acid groups (broad SMARTS) is 1. The van der Waals surface area contributed by atoms with E-state index >= 15 is 0 Å². The lowest BCUT2D eigenvalue weighted by Gasteiger charge is -2.20. The van der Waals surface area contributed by atoms with Gasteiger partial charge in [0.25, 0.3) is 0 Å². The molecule has 1 unspecified atom stereocenters. The molecule has 1 atom stereocenters. The molecular weight excluding hydrogens is 260 g/mol. The van der Waals surface area contributed by atoms with E-state index in [9.17, 15) is 4.79 Å². The van der Waals surface area contributed by atoms with E-state index in [4.69, 9.17) is 19.3 Å². The third-order valence-corrected chi connectivity index (χ3v) is 3.40. The van der Waals surface area contributed by atoms with E-state index < -0.39 is 5.97 Å². The molecule has 0 spiro atoms. The van der Waals surface area contributed by atoms with Crippen LogP contribution in [0.1, 0.15) is 37.0 Å². The van der Waals surface area contributed by atoms with Gasteiger partial charge in [-0.3, -0.25) is 0 Å². The van der Waals surface area contributed by atoms with Crippen molar-refractivity contribution in [1.82, 2.24) is 0 Å². The van der Waals surface area contributed by atoms with Gasteiger partial charge in [-0.15, -0.1) is 0 Å². The molecule has 1 saturated heterocycles. The van der Waals surface area contributed by atoms with Crippen LogP contribution in [-0.4, -0.2) is 36.5 Å². The van der Waals surface area contributed by atoms with E-state index in [0.29, 0.717) is 18.1 Å². The maximum Gasteiger partial charge on any atom is 0.339 e. The molecule has 1 aromatic carbocycles. The first-order chi connectivity index (χ1) is 9.41. The topological polar surface area (TPSA) is 65.0 Å². The van der Waals surface area contributed by atoms with E-state index in [2.05, 4.69) is 0 Å². The molecule has 5 heteroatoms. The van der Waals surface area contributed by atoms with Crippen molar-refractivity contribution in [2.45, 2.75) is 38.4 Å². The summed E-state index contributed by atoms with van der Waals surface area (Å²) in [7, 11) is 1.53. The van der Waals surface area contributed by atoms with E-state index in [1.165, 1.54) is 13.2 Å². The van der Waals surface area contributed by atoms with Gasteiger partial charge >= 0.3 is 5.97 Å². The number of carbonyl (C=O) groups is 1. The van der Waals surface area contributed by atoms with Gasteiger partial charge in [-0.2, -0.15) is 0 Å². The Labute approximate surface area is 118 Å². The van der Waals surface area contributed by atoms with Crippen LogP contribution in [-0.2, 0) is 4.74 Å². The predicted octanol–water partition coefficient (Wildman–Crippen LogP) is 2.73. The Balaban J connectivity index is 2.06. The Bertz CT molecular complexity index is 495. The molecule has 0 bridgehead atoms. The van der Waals surface area contributed by atoms with Crippen LogP contribution in [0, 0.1) is 0 Å². The molecule has 1 aliphatic heterocycles. The Morgan fingerprint density at radius 1 is 1.50 bits per heavy atom. The van der Waals surface area contributed by atoms with Crippen LogP contribution < -0.4 is 9.47 Å². The summed E-state index contributed by atoms with van der Waals surface area (Å²) >= 11 is 0. The second-order valence-corrected chi connectivity index (χ2v) is 5.52. The van der Waals surface area contributed by atoms with Crippen molar-refractivity contribution >= 4 is 5.97 Å². The van der Waals surface area contributed by atoms with Crippen molar-refractivity contribution in [3.63, 3.8) is 0 Å². The zero-order valence-electron chi connectivity index (χ0n) is 12.0. The van der Waals surface area contributed by atoms with E-state index in [1.807, 2.05) is 13.8 Å². The van der Waals surface area contributed by atoms with Crippen molar-refractivity contribution in [2.75, 3.05) is 13.7 Å². The minimum absolute atomic E-state index is 0.00199. The second kappa shape index (κ2) is 5.71. The molecule has 1 N–H and O–H groups in total. The lowest BCUT2D eigenvalue weighted by Crippen LogP contribution is -2.24. The minimum Gasteiger partial charge on any atom is -0.497 e. The third-order valence-electron chi connectivity index (χ3n) is 3.40. The number of rotatable bonds is 5. The molecule has 1 aliphatic rings. The lowest BCUT2D eigenvalue weighted by atomic mass is 10.1. The van der Waals surface area contributed by atoms with Crippen molar-refractivity contribution < 1.29 is 24.1 Å². The van der Waals surface area contributed by atoms with Crippen molar-refractivity contribution in [3.05, 3.63) is 23.8 Å². The summed E-state index contributed by atoms with van der Waals surface area (Å²) in [5.74, 6) is -0.141. The van der Waals surface area contributed by atoms with E-state index in [-0.39, 0.29) is 17.3 Å². The fourth-order valence-electron chi connectivity index (χ4n) is 2.30. The quantitative estimate of drug-likeness (QED) is 0.898. The molecule has 1 aromatic rings. The summed E-state index contributed by atoms with van der Waals surface area (Å²) in [6, 6.07) is 4.67. The summed E-state index contributed by atoms with van der Waals surface area (Å²) < 4.78 is 16.5. The van der Waals surface area contributed by atoms with E-state index in [0.717, 1.165) is 12.8 Å². The Kier molecular flexibility index (Phi) is 4.18. The molecule has 0 aliphatic carbocycles. The first kappa shape index (κ1) is 14.7. The van der Waals surface area contributed by atoms with Gasteiger partial charge < -0.3 is 19.3 Å². The SMILES string of the molecule is COc1ccc(C(=O)O)c(OCC2CCC(C)(C)O2)c1. The summed E-state index contributed by atoms with van der Waals surface area (Å²) in [5.41, 5.74) is 0.000879. The average molecular weight is 280 g/mol. The first-order valence-electron chi connectivity index (χ1n) is 6.63. The van der Waals surface area contributed by atoms with Gasteiger partial charge in [0.2, 0.25) is 0 Å². The highest BCUT2D eigenvalue weighted by atomic mass is 16.6. The molecule has 110 valence electrons. The number of methoxy groups -OCH3 is 1. The minimum atomic E-state index is -1.02. The molecule has 1 fully saturated rings. The van der Waals surface area contributed by atoms with Gasteiger partial charge in [0.15, 0.2) is 0 Å². The van der Waals surface area contributed by atoms with Gasteiger partial charge in [0.1, 0.15) is 23.7 Å². The van der Waals surface area contributed by atoms with Crippen LogP contribution in [0.15, 0.2) is 18.2 Å². The highest BCUT2D eigenvalue weighted by Crippen LogP contribution is 2.31. The third kappa shape index (κ3) is 3.42. The molecule has 1 heterocycles. The lowest BCUT2D eigenvalue weighted by molar-refractivity contribution is -0.0328. The summed E-state index contributed by atoms with van der Waals surface area (Å²) in [6.07, 6.45) is 1.89. The van der Waals surface area contributed by atoms with Crippen LogP contribution in [0.2, 0.25) is 0 Å². The maximum atomic E-state index is 11.2. The smallest absolute Gasteiger partial charge is 0.339 e. The Morgan fingerprint density at radius 3 is 2.80 bits per heavy atom. The van der Waals surface area contributed by atoms with Crippen LogP contribution in [0.5, 0.6) is 11.5 Å². The zero-order valence-corrected chi connectivity index (χ0v) is 12.0. The van der Waals surface area contributed by atoms with Crippen LogP contribution >= 0.6 is 0 Å². The molecule has 0 saturated carbocycles. The van der Waals surface area contributed by atoms with Crippen molar-refractivity contribution in [2.24, 2.45) is 0 Å². The largest absolute Gasteiger partial charge is 0.497 e. The summed E-state index contributed by atoms with van der Waals surface area (Å²) in [5, 5.41) is 9.15. The van der Waals surface area contributed by atoms with Crippen molar-refractivity contribution in [1.29, 1.82) is 0 Å². The van der Waals surface area contributed by atoms with Gasteiger partial charge in [0.05, 0.1) is 18.8 Å². The zero-order chi connectivity index (χ0) is 14.8. The average Bonchev–Trinajstić information content (AvgIpc) is 2.75. The summed E-state index contributed by atoms with van der Waals surface area (Å²) in [4.78, 5) is 11.2. The number of carboxylic acids is 1. The molecule has 2 rings (SSSR count). The monoisotopic (exact) mass is 280 g/mol. The van der Waals surface area contributed by atoms with Gasteiger partial charge in [0, 0.05) is 6.07 Å². The molecule has 5 nitrogen and oxygen atoms in total. The number of aromatic carboxylic acids is 1. The summed E-state index contributed by atoms with van der Waals surface area (Å²) in [6.45, 7) is 4.43.